The van der Waals surface area contributed by atoms with Crippen LogP contribution in [0.25, 0.3) is 11.1 Å². The highest BCUT2D eigenvalue weighted by molar-refractivity contribution is 5.85. The van der Waals surface area contributed by atoms with Crippen molar-refractivity contribution in [1.29, 1.82) is 0 Å². The Labute approximate surface area is 185 Å². The lowest BCUT2D eigenvalue weighted by Crippen LogP contribution is -2.29. The summed E-state index contributed by atoms with van der Waals surface area (Å²) in [6.45, 7) is 11.0. The van der Waals surface area contributed by atoms with Crippen LogP contribution in [0.1, 0.15) is 79.9 Å². The second kappa shape index (κ2) is 8.31. The van der Waals surface area contributed by atoms with Crippen LogP contribution in [0.3, 0.4) is 0 Å². The summed E-state index contributed by atoms with van der Waals surface area (Å²) < 4.78 is 17.4. The summed E-state index contributed by atoms with van der Waals surface area (Å²) in [5, 5.41) is 0. The molecule has 2 aromatic carbocycles. The van der Waals surface area contributed by atoms with Crippen LogP contribution in [-0.2, 0) is 20.7 Å². The molecule has 1 aliphatic heterocycles. The van der Waals surface area contributed by atoms with Crippen molar-refractivity contribution in [3.63, 3.8) is 0 Å². The molecule has 1 unspecified atom stereocenters. The third-order valence-electron chi connectivity index (χ3n) is 6.32. The van der Waals surface area contributed by atoms with Gasteiger partial charge in [0.1, 0.15) is 5.75 Å². The van der Waals surface area contributed by atoms with Gasteiger partial charge in [-0.2, -0.15) is 0 Å². The lowest BCUT2D eigenvalue weighted by atomic mass is 9.83. The van der Waals surface area contributed by atoms with Gasteiger partial charge in [-0.1, -0.05) is 18.2 Å². The van der Waals surface area contributed by atoms with Gasteiger partial charge in [-0.15, -0.1) is 0 Å². The Kier molecular flexibility index (Phi) is 5.87. The van der Waals surface area contributed by atoms with Crippen molar-refractivity contribution < 1.29 is 19.0 Å². The van der Waals surface area contributed by atoms with Gasteiger partial charge in [0.15, 0.2) is 6.10 Å². The number of fused-ring (bicyclic) bond motifs is 1. The van der Waals surface area contributed by atoms with Gasteiger partial charge in [-0.05, 0) is 106 Å². The number of rotatable bonds is 5. The summed E-state index contributed by atoms with van der Waals surface area (Å²) in [5.41, 5.74) is 7.65. The Morgan fingerprint density at radius 1 is 1.13 bits per heavy atom. The summed E-state index contributed by atoms with van der Waals surface area (Å²) in [4.78, 5) is 13.0. The van der Waals surface area contributed by atoms with Gasteiger partial charge in [0.05, 0.1) is 19.3 Å². The van der Waals surface area contributed by atoms with Gasteiger partial charge in [0.2, 0.25) is 0 Å². The molecule has 0 N–H and O–H groups in total. The number of carbonyl (C=O) groups is 1. The van der Waals surface area contributed by atoms with Gasteiger partial charge in [0.25, 0.3) is 0 Å². The Morgan fingerprint density at radius 3 is 2.52 bits per heavy atom. The van der Waals surface area contributed by atoms with Gasteiger partial charge in [-0.25, -0.2) is 4.79 Å². The van der Waals surface area contributed by atoms with Gasteiger partial charge in [0, 0.05) is 5.56 Å². The zero-order chi connectivity index (χ0) is 22.3. The Balaban J connectivity index is 1.97. The van der Waals surface area contributed by atoms with Crippen LogP contribution in [-0.4, -0.2) is 25.3 Å². The highest BCUT2D eigenvalue weighted by atomic mass is 16.6. The molecule has 0 radical (unpaired) electrons. The van der Waals surface area contributed by atoms with Crippen molar-refractivity contribution in [2.45, 2.75) is 77.9 Å². The Morgan fingerprint density at radius 2 is 1.87 bits per heavy atom. The van der Waals surface area contributed by atoms with E-state index in [0.29, 0.717) is 5.92 Å². The number of benzene rings is 2. The molecule has 0 aromatic heterocycles. The average molecular weight is 423 g/mol. The highest BCUT2D eigenvalue weighted by Crippen LogP contribution is 2.49. The number of methoxy groups -OCH3 is 1. The van der Waals surface area contributed by atoms with E-state index in [4.69, 9.17) is 14.2 Å². The number of hydrogen-bond acceptors (Lipinski definition) is 4. The molecule has 1 atom stereocenters. The molecule has 0 bridgehead atoms. The minimum absolute atomic E-state index is 0.355. The maximum atomic E-state index is 13.0. The monoisotopic (exact) mass is 422 g/mol. The molecule has 2 aromatic rings. The summed E-state index contributed by atoms with van der Waals surface area (Å²) in [6.07, 6.45) is 3.65. The van der Waals surface area contributed by atoms with Gasteiger partial charge >= 0.3 is 5.97 Å². The van der Waals surface area contributed by atoms with Crippen molar-refractivity contribution in [2.75, 3.05) is 13.7 Å². The van der Waals surface area contributed by atoms with Gasteiger partial charge in [-0.3, -0.25) is 0 Å². The molecule has 1 saturated carbocycles. The Hall–Kier alpha value is -2.33. The SMILES string of the molecule is COC(=O)C(OC(C)(C)C)c1c(C)ccc(C2CC2)c1-c1ccc2c(c1C)CCCO2. The van der Waals surface area contributed by atoms with E-state index < -0.39 is 11.7 Å². The number of aryl methyl sites for hydroxylation is 1. The predicted octanol–water partition coefficient (Wildman–Crippen LogP) is 6.20. The second-order valence-corrected chi connectivity index (χ2v) is 9.83. The molecular formula is C27H34O4. The zero-order valence-corrected chi connectivity index (χ0v) is 19.6. The zero-order valence-electron chi connectivity index (χ0n) is 19.6. The van der Waals surface area contributed by atoms with E-state index in [2.05, 4.69) is 38.1 Å². The quantitative estimate of drug-likeness (QED) is 0.538. The summed E-state index contributed by atoms with van der Waals surface area (Å²) >= 11 is 0. The number of hydrogen-bond donors (Lipinski definition) is 0. The molecule has 2 aliphatic rings. The van der Waals surface area contributed by atoms with E-state index in [9.17, 15) is 4.79 Å². The third-order valence-corrected chi connectivity index (χ3v) is 6.32. The first-order valence-electron chi connectivity index (χ1n) is 11.4. The van der Waals surface area contributed by atoms with E-state index in [1.807, 2.05) is 20.8 Å². The molecule has 4 nitrogen and oxygen atoms in total. The van der Waals surface area contributed by atoms with Crippen LogP contribution in [0.5, 0.6) is 5.75 Å². The number of carbonyl (C=O) groups excluding carboxylic acids is 1. The van der Waals surface area contributed by atoms with Crippen molar-refractivity contribution in [1.82, 2.24) is 0 Å². The fourth-order valence-electron chi connectivity index (χ4n) is 4.68. The fourth-order valence-corrected chi connectivity index (χ4v) is 4.68. The molecule has 0 saturated heterocycles. The first kappa shape index (κ1) is 21.9. The molecule has 31 heavy (non-hydrogen) atoms. The van der Waals surface area contributed by atoms with Crippen molar-refractivity contribution >= 4 is 5.97 Å². The lowest BCUT2D eigenvalue weighted by molar-refractivity contribution is -0.164. The first-order chi connectivity index (χ1) is 14.7. The molecule has 4 rings (SSSR count). The van der Waals surface area contributed by atoms with Crippen LogP contribution in [0.2, 0.25) is 0 Å². The van der Waals surface area contributed by atoms with Crippen LogP contribution in [0, 0.1) is 13.8 Å². The molecular weight excluding hydrogens is 388 g/mol. The van der Waals surface area contributed by atoms with Crippen molar-refractivity contribution in [2.24, 2.45) is 0 Å². The summed E-state index contributed by atoms with van der Waals surface area (Å²) in [5.74, 6) is 1.17. The normalized spacial score (nSPS) is 17.0. The van der Waals surface area contributed by atoms with Gasteiger partial charge < -0.3 is 14.2 Å². The van der Waals surface area contributed by atoms with Crippen LogP contribution in [0.15, 0.2) is 24.3 Å². The molecule has 166 valence electrons. The number of esters is 1. The van der Waals surface area contributed by atoms with Crippen molar-refractivity contribution in [3.8, 4) is 16.9 Å². The maximum Gasteiger partial charge on any atom is 0.339 e. The molecule has 1 fully saturated rings. The third kappa shape index (κ3) is 4.36. The minimum atomic E-state index is -0.773. The second-order valence-electron chi connectivity index (χ2n) is 9.83. The molecule has 1 aliphatic carbocycles. The van der Waals surface area contributed by atoms with Crippen LogP contribution >= 0.6 is 0 Å². The van der Waals surface area contributed by atoms with E-state index >= 15 is 0 Å². The van der Waals surface area contributed by atoms with E-state index in [1.165, 1.54) is 42.2 Å². The highest BCUT2D eigenvalue weighted by Gasteiger charge is 2.36. The fraction of sp³-hybridized carbons (Fsp3) is 0.519. The molecule has 4 heteroatoms. The summed E-state index contributed by atoms with van der Waals surface area (Å²) in [7, 11) is 1.43. The smallest absolute Gasteiger partial charge is 0.339 e. The average Bonchev–Trinajstić information content (AvgIpc) is 3.57. The standard InChI is InChI=1S/C27H34O4/c1-16-9-12-21(18-10-11-18)24(23(16)25(26(28)29-6)31-27(3,4)5)20-13-14-22-19(17(20)2)8-7-15-30-22/h9,12-14,18,25H,7-8,10-11,15H2,1-6H3. The van der Waals surface area contributed by atoms with Crippen LogP contribution in [0.4, 0.5) is 0 Å². The maximum absolute atomic E-state index is 13.0. The minimum Gasteiger partial charge on any atom is -0.493 e. The Bertz CT molecular complexity index is 995. The van der Waals surface area contributed by atoms with E-state index in [-0.39, 0.29) is 5.97 Å². The predicted molar refractivity (Wildman–Crippen MR) is 123 cm³/mol. The van der Waals surface area contributed by atoms with E-state index in [1.54, 1.807) is 0 Å². The molecule has 1 heterocycles. The molecule has 0 amide bonds. The van der Waals surface area contributed by atoms with Crippen LogP contribution < -0.4 is 4.74 Å². The molecule has 0 spiro atoms. The topological polar surface area (TPSA) is 44.8 Å². The largest absolute Gasteiger partial charge is 0.493 e. The first-order valence-corrected chi connectivity index (χ1v) is 11.4. The van der Waals surface area contributed by atoms with Crippen molar-refractivity contribution in [3.05, 3.63) is 52.1 Å². The number of ether oxygens (including phenoxy) is 3. The lowest BCUT2D eigenvalue weighted by Gasteiger charge is -2.30. The van der Waals surface area contributed by atoms with E-state index in [0.717, 1.165) is 41.9 Å². The summed E-state index contributed by atoms with van der Waals surface area (Å²) in [6, 6.07) is 8.63.